The Bertz CT molecular complexity index is 694. The van der Waals surface area contributed by atoms with Gasteiger partial charge in [0.1, 0.15) is 17.3 Å². The lowest BCUT2D eigenvalue weighted by molar-refractivity contribution is 0.0933. The number of Topliss-reactive ketones (excluding diaryl/α,β-unsaturated/α-hetero) is 1. The Labute approximate surface area is 122 Å². The zero-order valence-corrected chi connectivity index (χ0v) is 11.7. The molecule has 4 heteroatoms. The molecule has 0 atom stereocenters. The fourth-order valence-corrected chi connectivity index (χ4v) is 2.41. The van der Waals surface area contributed by atoms with Crippen molar-refractivity contribution in [3.8, 4) is 22.6 Å². The van der Waals surface area contributed by atoms with E-state index in [9.17, 15) is 9.18 Å². The van der Waals surface area contributed by atoms with Gasteiger partial charge in [-0.3, -0.25) is 4.79 Å². The summed E-state index contributed by atoms with van der Waals surface area (Å²) >= 11 is 0. The maximum absolute atomic E-state index is 14.2. The molecule has 1 heterocycles. The summed E-state index contributed by atoms with van der Waals surface area (Å²) in [5.74, 6) is 0.734. The number of fused-ring (bicyclic) bond motifs is 1. The van der Waals surface area contributed by atoms with E-state index in [1.165, 1.54) is 6.07 Å². The van der Waals surface area contributed by atoms with Crippen LogP contribution in [0.3, 0.4) is 0 Å². The number of carbonyl (C=O) groups is 1. The van der Waals surface area contributed by atoms with Gasteiger partial charge in [0.05, 0.1) is 18.8 Å². The average molecular weight is 286 g/mol. The van der Waals surface area contributed by atoms with Crippen molar-refractivity contribution in [2.45, 2.75) is 13.3 Å². The first-order valence-electron chi connectivity index (χ1n) is 6.92. The first kappa shape index (κ1) is 13.6. The highest BCUT2D eigenvalue weighted by atomic mass is 19.1. The molecular weight excluding hydrogens is 271 g/mol. The van der Waals surface area contributed by atoms with Crippen LogP contribution in [0.25, 0.3) is 11.1 Å². The van der Waals surface area contributed by atoms with Gasteiger partial charge in [-0.2, -0.15) is 0 Å². The van der Waals surface area contributed by atoms with Crippen LogP contribution >= 0.6 is 0 Å². The fourth-order valence-electron chi connectivity index (χ4n) is 2.41. The van der Waals surface area contributed by atoms with Crippen LogP contribution < -0.4 is 9.47 Å². The van der Waals surface area contributed by atoms with Gasteiger partial charge in [0.15, 0.2) is 5.78 Å². The molecule has 0 spiro atoms. The molecule has 0 N–H and O–H groups in total. The largest absolute Gasteiger partial charge is 0.494 e. The third-order valence-electron chi connectivity index (χ3n) is 3.43. The van der Waals surface area contributed by atoms with Crippen molar-refractivity contribution < 1.29 is 18.7 Å². The van der Waals surface area contributed by atoms with Crippen molar-refractivity contribution >= 4 is 5.78 Å². The van der Waals surface area contributed by atoms with Crippen LogP contribution in [0.15, 0.2) is 36.4 Å². The standard InChI is InChI=1S/C17H15FO3/c1-2-20-12-4-6-13(15(18)10-12)11-3-5-14-16(19)7-8-21-17(14)9-11/h3-6,9-10H,2,7-8H2,1H3. The molecule has 0 aliphatic carbocycles. The van der Waals surface area contributed by atoms with Gasteiger partial charge >= 0.3 is 0 Å². The number of benzene rings is 2. The molecule has 1 aliphatic rings. The molecule has 21 heavy (non-hydrogen) atoms. The van der Waals surface area contributed by atoms with Crippen molar-refractivity contribution in [2.24, 2.45) is 0 Å². The van der Waals surface area contributed by atoms with Gasteiger partial charge in [0, 0.05) is 18.1 Å². The Morgan fingerprint density at radius 2 is 2.00 bits per heavy atom. The quantitative estimate of drug-likeness (QED) is 0.859. The molecular formula is C17H15FO3. The van der Waals surface area contributed by atoms with Gasteiger partial charge in [-0.25, -0.2) is 4.39 Å². The van der Waals surface area contributed by atoms with Crippen LogP contribution in [0.5, 0.6) is 11.5 Å². The van der Waals surface area contributed by atoms with E-state index in [1.54, 1.807) is 30.3 Å². The van der Waals surface area contributed by atoms with E-state index in [-0.39, 0.29) is 11.6 Å². The van der Waals surface area contributed by atoms with Crippen LogP contribution in [0.4, 0.5) is 4.39 Å². The summed E-state index contributed by atoms with van der Waals surface area (Å²) in [5, 5.41) is 0. The van der Waals surface area contributed by atoms with Crippen molar-refractivity contribution in [1.82, 2.24) is 0 Å². The second-order valence-electron chi connectivity index (χ2n) is 4.81. The summed E-state index contributed by atoms with van der Waals surface area (Å²) in [7, 11) is 0. The van der Waals surface area contributed by atoms with E-state index >= 15 is 0 Å². The molecule has 0 fully saturated rings. The number of rotatable bonds is 3. The number of carbonyl (C=O) groups excluding carboxylic acids is 1. The minimum atomic E-state index is -0.358. The highest BCUT2D eigenvalue weighted by Gasteiger charge is 2.19. The van der Waals surface area contributed by atoms with Crippen molar-refractivity contribution in [2.75, 3.05) is 13.2 Å². The highest BCUT2D eigenvalue weighted by molar-refractivity contribution is 6.00. The predicted octanol–water partition coefficient (Wildman–Crippen LogP) is 3.86. The zero-order chi connectivity index (χ0) is 14.8. The molecule has 3 rings (SSSR count). The number of ketones is 1. The molecule has 1 aliphatic heterocycles. The molecule has 0 unspecified atom stereocenters. The summed E-state index contributed by atoms with van der Waals surface area (Å²) in [5.41, 5.74) is 1.71. The maximum atomic E-state index is 14.2. The third kappa shape index (κ3) is 2.61. The molecule has 0 saturated heterocycles. The first-order chi connectivity index (χ1) is 10.2. The van der Waals surface area contributed by atoms with E-state index in [0.717, 1.165) is 0 Å². The van der Waals surface area contributed by atoms with Gasteiger partial charge in [0.25, 0.3) is 0 Å². The number of hydrogen-bond donors (Lipinski definition) is 0. The van der Waals surface area contributed by atoms with E-state index in [1.807, 2.05) is 6.92 Å². The molecule has 0 radical (unpaired) electrons. The fraction of sp³-hybridized carbons (Fsp3) is 0.235. The monoisotopic (exact) mass is 286 g/mol. The Hall–Kier alpha value is -2.36. The van der Waals surface area contributed by atoms with Crippen LogP contribution in [0.2, 0.25) is 0 Å². The normalized spacial score (nSPS) is 13.5. The van der Waals surface area contributed by atoms with Gasteiger partial charge in [-0.15, -0.1) is 0 Å². The summed E-state index contributed by atoms with van der Waals surface area (Å²) in [6, 6.07) is 9.92. The van der Waals surface area contributed by atoms with Crippen molar-refractivity contribution in [3.05, 3.63) is 47.8 Å². The van der Waals surface area contributed by atoms with Crippen molar-refractivity contribution in [3.63, 3.8) is 0 Å². The van der Waals surface area contributed by atoms with Crippen LogP contribution in [-0.4, -0.2) is 19.0 Å². The van der Waals surface area contributed by atoms with Crippen molar-refractivity contribution in [1.29, 1.82) is 0 Å². The van der Waals surface area contributed by atoms with E-state index in [2.05, 4.69) is 0 Å². The molecule has 0 bridgehead atoms. The lowest BCUT2D eigenvalue weighted by Crippen LogP contribution is -2.15. The second-order valence-corrected chi connectivity index (χ2v) is 4.81. The topological polar surface area (TPSA) is 35.5 Å². The first-order valence-corrected chi connectivity index (χ1v) is 6.92. The second kappa shape index (κ2) is 5.56. The summed E-state index contributed by atoms with van der Waals surface area (Å²) in [6.45, 7) is 2.72. The Kier molecular flexibility index (Phi) is 3.60. The zero-order valence-electron chi connectivity index (χ0n) is 11.7. The number of ether oxygens (including phenoxy) is 2. The minimum Gasteiger partial charge on any atom is -0.494 e. The molecule has 108 valence electrons. The lowest BCUT2D eigenvalue weighted by atomic mass is 9.98. The lowest BCUT2D eigenvalue weighted by Gasteiger charge is -2.17. The Balaban J connectivity index is 1.99. The van der Waals surface area contributed by atoms with Gasteiger partial charge in [-0.1, -0.05) is 6.07 Å². The molecule has 3 nitrogen and oxygen atoms in total. The number of halogens is 1. The molecule has 2 aromatic rings. The Morgan fingerprint density at radius 3 is 2.76 bits per heavy atom. The van der Waals surface area contributed by atoms with Gasteiger partial charge in [0.2, 0.25) is 0 Å². The summed E-state index contributed by atoms with van der Waals surface area (Å²) in [4.78, 5) is 11.7. The molecule has 0 saturated carbocycles. The number of hydrogen-bond acceptors (Lipinski definition) is 3. The molecule has 0 aromatic heterocycles. The van der Waals surface area contributed by atoms with E-state index in [0.29, 0.717) is 47.8 Å². The van der Waals surface area contributed by atoms with E-state index < -0.39 is 0 Å². The average Bonchev–Trinajstić information content (AvgIpc) is 2.48. The SMILES string of the molecule is CCOc1ccc(-c2ccc3c(c2)OCCC3=O)c(F)c1. The summed E-state index contributed by atoms with van der Waals surface area (Å²) in [6.07, 6.45) is 0.393. The van der Waals surface area contributed by atoms with Crippen LogP contribution in [-0.2, 0) is 0 Å². The maximum Gasteiger partial charge on any atom is 0.169 e. The highest BCUT2D eigenvalue weighted by Crippen LogP contribution is 2.32. The van der Waals surface area contributed by atoms with Crippen LogP contribution in [0, 0.1) is 5.82 Å². The van der Waals surface area contributed by atoms with Gasteiger partial charge in [-0.05, 0) is 36.8 Å². The third-order valence-corrected chi connectivity index (χ3v) is 3.43. The summed E-state index contributed by atoms with van der Waals surface area (Å²) < 4.78 is 24.9. The van der Waals surface area contributed by atoms with Gasteiger partial charge < -0.3 is 9.47 Å². The molecule has 0 amide bonds. The smallest absolute Gasteiger partial charge is 0.169 e. The van der Waals surface area contributed by atoms with Crippen LogP contribution in [0.1, 0.15) is 23.7 Å². The Morgan fingerprint density at radius 1 is 1.19 bits per heavy atom. The molecule has 2 aromatic carbocycles. The predicted molar refractivity (Wildman–Crippen MR) is 77.4 cm³/mol. The van der Waals surface area contributed by atoms with E-state index in [4.69, 9.17) is 9.47 Å². The minimum absolute atomic E-state index is 0.0648.